The molecule has 1 N–H and O–H groups in total. The van der Waals surface area contributed by atoms with E-state index in [1.54, 1.807) is 22.3 Å². The van der Waals surface area contributed by atoms with Gasteiger partial charge in [-0.25, -0.2) is 0 Å². The van der Waals surface area contributed by atoms with Gasteiger partial charge in [-0.1, -0.05) is 85.7 Å². The van der Waals surface area contributed by atoms with Crippen molar-refractivity contribution in [3.05, 3.63) is 112 Å². The molecule has 2 aromatic rings. The number of rotatable bonds is 6. The lowest BCUT2D eigenvalue weighted by Crippen LogP contribution is -2.27. The largest absolute Gasteiger partial charge is 0.382 e. The van der Waals surface area contributed by atoms with Crippen molar-refractivity contribution < 1.29 is 0 Å². The third-order valence-electron chi connectivity index (χ3n) is 7.30. The molecule has 1 nitrogen and oxygen atoms in total. The van der Waals surface area contributed by atoms with E-state index in [9.17, 15) is 0 Å². The second-order valence-corrected chi connectivity index (χ2v) is 9.68. The molecular formula is C32H35N. The van der Waals surface area contributed by atoms with Crippen molar-refractivity contribution in [3.8, 4) is 0 Å². The zero-order chi connectivity index (χ0) is 22.6. The molecule has 0 aromatic heterocycles. The Balaban J connectivity index is 1.22. The van der Waals surface area contributed by atoms with Crippen LogP contribution in [0.1, 0.15) is 64.4 Å². The van der Waals surface area contributed by atoms with Crippen molar-refractivity contribution in [1.29, 1.82) is 0 Å². The van der Waals surface area contributed by atoms with Crippen molar-refractivity contribution in [3.63, 3.8) is 0 Å². The molecule has 1 heteroatoms. The van der Waals surface area contributed by atoms with Gasteiger partial charge in [-0.05, 0) is 96.2 Å². The molecule has 5 rings (SSSR count). The van der Waals surface area contributed by atoms with Crippen LogP contribution in [0.5, 0.6) is 0 Å². The number of nitrogens with one attached hydrogen (secondary N) is 1. The minimum absolute atomic E-state index is 0.381. The summed E-state index contributed by atoms with van der Waals surface area (Å²) in [5, 5.41) is 6.38. The summed E-state index contributed by atoms with van der Waals surface area (Å²) in [7, 11) is 0. The highest BCUT2D eigenvalue weighted by atomic mass is 14.9. The van der Waals surface area contributed by atoms with E-state index in [0.29, 0.717) is 6.04 Å². The first-order valence-electron chi connectivity index (χ1n) is 12.6. The first-order valence-corrected chi connectivity index (χ1v) is 12.6. The van der Waals surface area contributed by atoms with Crippen LogP contribution in [0.4, 0.5) is 0 Å². The molecule has 3 aliphatic rings. The van der Waals surface area contributed by atoms with Crippen molar-refractivity contribution >= 4 is 16.3 Å². The Bertz CT molecular complexity index is 1230. The van der Waals surface area contributed by atoms with Gasteiger partial charge >= 0.3 is 0 Å². The molecule has 1 unspecified atom stereocenters. The Morgan fingerprint density at radius 2 is 1.76 bits per heavy atom. The molecule has 0 bridgehead atoms. The van der Waals surface area contributed by atoms with Crippen LogP contribution in [0, 0.1) is 0 Å². The highest BCUT2D eigenvalue weighted by molar-refractivity contribution is 5.88. The summed E-state index contributed by atoms with van der Waals surface area (Å²) in [5.74, 6) is 0. The van der Waals surface area contributed by atoms with Gasteiger partial charge in [0.1, 0.15) is 0 Å². The summed E-state index contributed by atoms with van der Waals surface area (Å²) >= 11 is 0. The molecule has 0 spiro atoms. The van der Waals surface area contributed by atoms with Gasteiger partial charge in [0, 0.05) is 11.7 Å². The van der Waals surface area contributed by atoms with Crippen molar-refractivity contribution in [2.75, 3.05) is 0 Å². The SMILES string of the molecule is CCCC1=C(C)CCC(C2=CC=C(NC3C=CC(c4ccc5ccccc5c4)=CC3)CC2)=C1. The van der Waals surface area contributed by atoms with Gasteiger partial charge in [-0.3, -0.25) is 0 Å². The molecule has 0 amide bonds. The molecule has 168 valence electrons. The smallest absolute Gasteiger partial charge is 0.0479 e. The highest BCUT2D eigenvalue weighted by Crippen LogP contribution is 2.34. The fraction of sp³-hybridized carbons (Fsp3) is 0.312. The molecular weight excluding hydrogens is 398 g/mol. The van der Waals surface area contributed by atoms with Gasteiger partial charge < -0.3 is 5.32 Å². The quantitative estimate of drug-likeness (QED) is 0.481. The Hall–Kier alpha value is -3.06. The predicted molar refractivity (Wildman–Crippen MR) is 143 cm³/mol. The number of benzene rings is 2. The third-order valence-corrected chi connectivity index (χ3v) is 7.30. The average Bonchev–Trinajstić information content (AvgIpc) is 2.86. The lowest BCUT2D eigenvalue weighted by molar-refractivity contribution is 0.640. The summed E-state index contributed by atoms with van der Waals surface area (Å²) in [6, 6.07) is 15.7. The lowest BCUT2D eigenvalue weighted by atomic mass is 9.84. The summed E-state index contributed by atoms with van der Waals surface area (Å²) in [6.07, 6.45) is 22.3. The predicted octanol–water partition coefficient (Wildman–Crippen LogP) is 8.58. The zero-order valence-electron chi connectivity index (χ0n) is 20.0. The van der Waals surface area contributed by atoms with E-state index in [4.69, 9.17) is 0 Å². The molecule has 1 atom stereocenters. The van der Waals surface area contributed by atoms with E-state index in [1.165, 1.54) is 53.3 Å². The van der Waals surface area contributed by atoms with Crippen LogP contribution in [0.15, 0.2) is 107 Å². The minimum Gasteiger partial charge on any atom is -0.382 e. The van der Waals surface area contributed by atoms with Crippen LogP contribution in [-0.4, -0.2) is 6.04 Å². The molecule has 0 heterocycles. The molecule has 0 fully saturated rings. The number of hydrogen-bond donors (Lipinski definition) is 1. The van der Waals surface area contributed by atoms with Crippen LogP contribution in [0.2, 0.25) is 0 Å². The lowest BCUT2D eigenvalue weighted by Gasteiger charge is -2.25. The summed E-state index contributed by atoms with van der Waals surface area (Å²) in [5.41, 5.74) is 10.3. The van der Waals surface area contributed by atoms with Gasteiger partial charge in [0.05, 0.1) is 0 Å². The van der Waals surface area contributed by atoms with Gasteiger partial charge in [0.2, 0.25) is 0 Å². The van der Waals surface area contributed by atoms with Crippen molar-refractivity contribution in [1.82, 2.24) is 5.32 Å². The molecule has 0 saturated carbocycles. The van der Waals surface area contributed by atoms with Crippen LogP contribution in [-0.2, 0) is 0 Å². The third kappa shape index (κ3) is 4.98. The number of hydrogen-bond acceptors (Lipinski definition) is 1. The van der Waals surface area contributed by atoms with Gasteiger partial charge in [0.15, 0.2) is 0 Å². The van der Waals surface area contributed by atoms with E-state index < -0.39 is 0 Å². The van der Waals surface area contributed by atoms with E-state index in [1.807, 2.05) is 0 Å². The standard InChI is InChI=1S/C32H35N/c1-3-6-27-21-29(10-9-23(27)2)25-13-17-31(18-14-25)33-32-19-15-26(16-20-32)30-12-11-24-7-4-5-8-28(24)22-30/h4-5,7-8,11-13,15-17,19,21-22,32-33H,3,6,9-10,14,18,20H2,1-2H3. The van der Waals surface area contributed by atoms with E-state index >= 15 is 0 Å². The number of allylic oxidation sites excluding steroid dienone is 10. The molecule has 0 radical (unpaired) electrons. The minimum atomic E-state index is 0.381. The van der Waals surface area contributed by atoms with Gasteiger partial charge in [-0.15, -0.1) is 0 Å². The van der Waals surface area contributed by atoms with Crippen molar-refractivity contribution in [2.24, 2.45) is 0 Å². The normalized spacial score (nSPS) is 20.8. The fourth-order valence-electron chi connectivity index (χ4n) is 5.27. The van der Waals surface area contributed by atoms with Gasteiger partial charge in [0.25, 0.3) is 0 Å². The Labute approximate surface area is 199 Å². The average molecular weight is 434 g/mol. The second-order valence-electron chi connectivity index (χ2n) is 9.68. The second kappa shape index (κ2) is 9.83. The number of fused-ring (bicyclic) bond motifs is 1. The first-order chi connectivity index (χ1) is 16.2. The Morgan fingerprint density at radius 3 is 2.52 bits per heavy atom. The van der Waals surface area contributed by atoms with Crippen LogP contribution < -0.4 is 5.32 Å². The first kappa shape index (κ1) is 21.8. The molecule has 2 aromatic carbocycles. The van der Waals surface area contributed by atoms with E-state index in [0.717, 1.165) is 19.3 Å². The molecule has 0 aliphatic heterocycles. The topological polar surface area (TPSA) is 12.0 Å². The van der Waals surface area contributed by atoms with Crippen LogP contribution in [0.25, 0.3) is 16.3 Å². The monoisotopic (exact) mass is 433 g/mol. The maximum absolute atomic E-state index is 3.78. The maximum Gasteiger partial charge on any atom is 0.0479 e. The van der Waals surface area contributed by atoms with Crippen LogP contribution in [0.3, 0.4) is 0 Å². The molecule has 0 saturated heterocycles. The van der Waals surface area contributed by atoms with E-state index in [-0.39, 0.29) is 0 Å². The highest BCUT2D eigenvalue weighted by Gasteiger charge is 2.17. The Kier molecular flexibility index (Phi) is 6.48. The zero-order valence-corrected chi connectivity index (χ0v) is 20.0. The molecule has 3 aliphatic carbocycles. The maximum atomic E-state index is 3.78. The molecule has 33 heavy (non-hydrogen) atoms. The summed E-state index contributed by atoms with van der Waals surface area (Å²) < 4.78 is 0. The summed E-state index contributed by atoms with van der Waals surface area (Å²) in [4.78, 5) is 0. The van der Waals surface area contributed by atoms with E-state index in [2.05, 4.69) is 98.1 Å². The Morgan fingerprint density at radius 1 is 0.909 bits per heavy atom. The van der Waals surface area contributed by atoms with Crippen molar-refractivity contribution in [2.45, 2.75) is 64.8 Å². The van der Waals surface area contributed by atoms with Gasteiger partial charge in [-0.2, -0.15) is 0 Å². The van der Waals surface area contributed by atoms with Crippen LogP contribution >= 0.6 is 0 Å². The summed E-state index contributed by atoms with van der Waals surface area (Å²) in [6.45, 7) is 4.59. The fourth-order valence-corrected chi connectivity index (χ4v) is 5.27.